The van der Waals surface area contributed by atoms with Crippen LogP contribution in [0.2, 0.25) is 10.3 Å². The van der Waals surface area contributed by atoms with Gasteiger partial charge in [-0.2, -0.15) is 0 Å². The van der Waals surface area contributed by atoms with Crippen LogP contribution in [-0.4, -0.2) is 104 Å². The van der Waals surface area contributed by atoms with Crippen molar-refractivity contribution in [2.45, 2.75) is 50.9 Å². The number of halogens is 2. The fraction of sp³-hybridized carbons (Fsp3) is 0.375. The van der Waals surface area contributed by atoms with Gasteiger partial charge in [0.15, 0.2) is 56.9 Å². The van der Waals surface area contributed by atoms with Crippen LogP contribution < -0.4 is 55.7 Å². The molecule has 5 rings (SSSR count). The number of piperidine rings is 2. The largest absolute Gasteiger partial charge is 0.382 e. The molecule has 0 spiro atoms. The Labute approximate surface area is 330 Å². The molecule has 2 aliphatic heterocycles. The fourth-order valence-corrected chi connectivity index (χ4v) is 6.03. The van der Waals surface area contributed by atoms with E-state index in [1.165, 1.54) is 0 Å². The Balaban J connectivity index is 0.978. The van der Waals surface area contributed by atoms with Gasteiger partial charge in [-0.05, 0) is 36.8 Å². The lowest BCUT2D eigenvalue weighted by Gasteiger charge is -2.30. The summed E-state index contributed by atoms with van der Waals surface area (Å²) in [7, 11) is 0. The zero-order chi connectivity index (χ0) is 40.5. The zero-order valence-corrected chi connectivity index (χ0v) is 31.5. The minimum atomic E-state index is -0.729. The quantitative estimate of drug-likeness (QED) is 0.104. The summed E-state index contributed by atoms with van der Waals surface area (Å²) in [6.07, 6.45) is 2.15. The molecule has 3 aromatic rings. The van der Waals surface area contributed by atoms with E-state index in [0.29, 0.717) is 65.0 Å². The number of carbonyl (C=O) groups excluding carboxylic acids is 4. The van der Waals surface area contributed by atoms with E-state index in [4.69, 9.17) is 57.6 Å². The Kier molecular flexibility index (Phi) is 13.3. The lowest BCUT2D eigenvalue weighted by molar-refractivity contribution is 0.0963. The Bertz CT molecular complexity index is 1870. The van der Waals surface area contributed by atoms with Crippen molar-refractivity contribution in [3.05, 3.63) is 57.1 Å². The highest BCUT2D eigenvalue weighted by Crippen LogP contribution is 2.19. The maximum Gasteiger partial charge on any atom is 0.317 e. The second-order valence-electron chi connectivity index (χ2n) is 12.8. The van der Waals surface area contributed by atoms with Crippen molar-refractivity contribution in [1.29, 1.82) is 0 Å². The minimum absolute atomic E-state index is 0.102. The molecular formula is C32H42Cl2N18O4. The van der Waals surface area contributed by atoms with Crippen LogP contribution in [0.1, 0.15) is 57.8 Å². The molecule has 1 aromatic carbocycles. The van der Waals surface area contributed by atoms with Gasteiger partial charge in [0.2, 0.25) is 0 Å². The standard InChI is InChI=1S/C32H42Cl2N18O4/c33-21-25(37)47-23(35)19(45-21)27(53)49-29(39)43-17-5-9-51(10-6-17)31(55)41-13-15-1-2-16(4-3-15)14-42-32(56)52-11-7-18(8-12-52)44-30(40)50-28(54)20-24(36)48-26(38)22(34)46-20/h1-4,17-18H,5-14H2,(H,41,55)(H,42,56)(H4,35,37,47)(H4,36,38,48)(H3,39,43,49,53)(H3,40,44,50,54). The van der Waals surface area contributed by atoms with Gasteiger partial charge in [-0.1, -0.05) is 47.5 Å². The Hall–Kier alpha value is -6.42. The lowest BCUT2D eigenvalue weighted by Crippen LogP contribution is -2.46. The molecule has 2 aromatic heterocycles. The first-order valence-electron chi connectivity index (χ1n) is 17.3. The lowest BCUT2D eigenvalue weighted by atomic mass is 10.1. The molecule has 0 radical (unpaired) electrons. The molecule has 4 heterocycles. The van der Waals surface area contributed by atoms with E-state index >= 15 is 0 Å². The molecule has 2 fully saturated rings. The van der Waals surface area contributed by atoms with Crippen LogP contribution in [0.5, 0.6) is 0 Å². The molecule has 0 atom stereocenters. The summed E-state index contributed by atoms with van der Waals surface area (Å²) < 4.78 is 0. The van der Waals surface area contributed by atoms with Crippen LogP contribution in [0.3, 0.4) is 0 Å². The van der Waals surface area contributed by atoms with Crippen molar-refractivity contribution >= 4 is 82.3 Å². The molecule has 0 bridgehead atoms. The first-order valence-corrected chi connectivity index (χ1v) is 18.0. The van der Waals surface area contributed by atoms with Crippen molar-refractivity contribution < 1.29 is 19.2 Å². The van der Waals surface area contributed by atoms with Gasteiger partial charge in [0.05, 0.1) is 12.1 Å². The second kappa shape index (κ2) is 18.3. The number of nitrogens with zero attached hydrogens (tertiary/aromatic N) is 8. The van der Waals surface area contributed by atoms with Crippen molar-refractivity contribution in [2.24, 2.45) is 21.5 Å². The Morgan fingerprint density at radius 1 is 0.607 bits per heavy atom. The van der Waals surface area contributed by atoms with Gasteiger partial charge >= 0.3 is 12.1 Å². The van der Waals surface area contributed by atoms with E-state index in [-0.39, 0.29) is 81.0 Å². The van der Waals surface area contributed by atoms with Gasteiger partial charge in [0, 0.05) is 39.3 Å². The average molecular weight is 814 g/mol. The zero-order valence-electron chi connectivity index (χ0n) is 30.0. The molecule has 24 heteroatoms. The van der Waals surface area contributed by atoms with Crippen LogP contribution in [0.4, 0.5) is 32.9 Å². The number of guanidine groups is 2. The molecule has 6 amide bonds. The normalized spacial score (nSPS) is 15.6. The molecule has 22 nitrogen and oxygen atoms in total. The number of aliphatic imine (C=N–C) groups is 2. The SMILES string of the molecule is NC(=NC1CCN(C(=O)NCc2ccc(CNC(=O)N3CCC(N=C(N)NC(=O)c4nc(Cl)c(N)nc4N)CC3)cc2)CC1)NC(=O)c1nc(Cl)c(N)nc1N. The van der Waals surface area contributed by atoms with Crippen molar-refractivity contribution in [2.75, 3.05) is 49.1 Å². The van der Waals surface area contributed by atoms with Gasteiger partial charge in [0.25, 0.3) is 11.8 Å². The molecule has 56 heavy (non-hydrogen) atoms. The van der Waals surface area contributed by atoms with Crippen LogP contribution in [0, 0.1) is 0 Å². The number of benzene rings is 1. The van der Waals surface area contributed by atoms with Gasteiger partial charge < -0.3 is 54.8 Å². The first kappa shape index (κ1) is 40.8. The van der Waals surface area contributed by atoms with E-state index in [2.05, 4.69) is 51.2 Å². The number of likely N-dealkylation sites (tertiary alicyclic amines) is 2. The third-order valence-electron chi connectivity index (χ3n) is 8.78. The third kappa shape index (κ3) is 10.8. The van der Waals surface area contributed by atoms with E-state index in [0.717, 1.165) is 11.1 Å². The van der Waals surface area contributed by atoms with Crippen LogP contribution in [-0.2, 0) is 13.1 Å². The highest BCUT2D eigenvalue weighted by atomic mass is 35.5. The van der Waals surface area contributed by atoms with Crippen LogP contribution in [0.25, 0.3) is 0 Å². The summed E-state index contributed by atoms with van der Waals surface area (Å²) in [5, 5.41) is 10.4. The van der Waals surface area contributed by atoms with Crippen molar-refractivity contribution in [3.8, 4) is 0 Å². The number of carbonyl (C=O) groups is 4. The maximum absolute atomic E-state index is 12.8. The Morgan fingerprint density at radius 2 is 0.946 bits per heavy atom. The number of hydrogen-bond acceptors (Lipinski definition) is 14. The predicted molar refractivity (Wildman–Crippen MR) is 210 cm³/mol. The summed E-state index contributed by atoms with van der Waals surface area (Å²) in [5.74, 6) is -2.31. The molecular weight excluding hydrogens is 771 g/mol. The van der Waals surface area contributed by atoms with E-state index in [9.17, 15) is 19.2 Å². The highest BCUT2D eigenvalue weighted by molar-refractivity contribution is 6.32. The number of nitrogens with two attached hydrogens (primary N) is 6. The number of urea groups is 2. The second-order valence-corrected chi connectivity index (χ2v) is 13.5. The first-order chi connectivity index (χ1) is 26.7. The maximum atomic E-state index is 12.8. The number of nitrogens with one attached hydrogen (secondary N) is 4. The summed E-state index contributed by atoms with van der Waals surface area (Å²) in [6, 6.07) is 6.67. The number of amides is 6. The topological polar surface area (TPSA) is 355 Å². The number of rotatable bonds is 8. The smallest absolute Gasteiger partial charge is 0.317 e. The van der Waals surface area contributed by atoms with Gasteiger partial charge in [-0.25, -0.2) is 39.5 Å². The fourth-order valence-electron chi connectivity index (χ4n) is 5.78. The monoisotopic (exact) mass is 812 g/mol. The molecule has 0 saturated carbocycles. The predicted octanol–water partition coefficient (Wildman–Crippen LogP) is -0.260. The van der Waals surface area contributed by atoms with Gasteiger partial charge in [0.1, 0.15) is 0 Å². The van der Waals surface area contributed by atoms with Gasteiger partial charge in [-0.3, -0.25) is 20.2 Å². The molecule has 298 valence electrons. The van der Waals surface area contributed by atoms with Crippen LogP contribution in [0.15, 0.2) is 34.3 Å². The van der Waals surface area contributed by atoms with Crippen molar-refractivity contribution in [3.63, 3.8) is 0 Å². The molecule has 16 N–H and O–H groups in total. The van der Waals surface area contributed by atoms with E-state index in [1.54, 1.807) is 9.80 Å². The molecule has 0 aliphatic carbocycles. The number of nitrogen functional groups attached to an aromatic ring is 4. The van der Waals surface area contributed by atoms with Gasteiger partial charge in [-0.15, -0.1) is 0 Å². The van der Waals surface area contributed by atoms with Crippen molar-refractivity contribution in [1.82, 2.24) is 51.0 Å². The van der Waals surface area contributed by atoms with E-state index < -0.39 is 11.8 Å². The number of aromatic nitrogens is 4. The highest BCUT2D eigenvalue weighted by Gasteiger charge is 2.25. The Morgan fingerprint density at radius 3 is 1.29 bits per heavy atom. The molecule has 2 saturated heterocycles. The molecule has 0 unspecified atom stereocenters. The average Bonchev–Trinajstić information content (AvgIpc) is 3.16. The summed E-state index contributed by atoms with van der Waals surface area (Å²) in [5.41, 5.74) is 35.7. The summed E-state index contributed by atoms with van der Waals surface area (Å²) in [4.78, 5) is 77.9. The summed E-state index contributed by atoms with van der Waals surface area (Å²) in [6.45, 7) is 2.39. The minimum Gasteiger partial charge on any atom is -0.382 e. The summed E-state index contributed by atoms with van der Waals surface area (Å²) >= 11 is 11.7. The number of hydrogen-bond donors (Lipinski definition) is 10. The third-order valence-corrected chi connectivity index (χ3v) is 9.34. The van der Waals surface area contributed by atoms with E-state index in [1.807, 2.05) is 24.3 Å². The van der Waals surface area contributed by atoms with Crippen LogP contribution >= 0.6 is 23.2 Å². The molecule has 2 aliphatic rings. The number of anilines is 4.